The SMILES string of the molecule is Cc1cccc(NC(=O)CSCC(=O)N[C@H]2CC(=O)N(C)[C@@H]2c2ccc(F)cc2)c1. The summed E-state index contributed by atoms with van der Waals surface area (Å²) in [7, 11) is 1.67. The molecule has 0 bridgehead atoms. The fourth-order valence-corrected chi connectivity index (χ4v) is 4.15. The summed E-state index contributed by atoms with van der Waals surface area (Å²) in [6.45, 7) is 1.94. The monoisotopic (exact) mass is 429 g/mol. The molecule has 0 radical (unpaired) electrons. The minimum atomic E-state index is -0.401. The molecule has 1 heterocycles. The molecule has 0 aromatic heterocycles. The van der Waals surface area contributed by atoms with E-state index in [0.29, 0.717) is 0 Å². The quantitative estimate of drug-likeness (QED) is 0.710. The fourth-order valence-electron chi connectivity index (χ4n) is 3.52. The summed E-state index contributed by atoms with van der Waals surface area (Å²) in [5.41, 5.74) is 2.53. The molecule has 6 nitrogen and oxygen atoms in total. The predicted molar refractivity (Wildman–Crippen MR) is 116 cm³/mol. The summed E-state index contributed by atoms with van der Waals surface area (Å²) in [4.78, 5) is 38.2. The highest BCUT2D eigenvalue weighted by atomic mass is 32.2. The van der Waals surface area contributed by atoms with Gasteiger partial charge in [0, 0.05) is 19.2 Å². The average Bonchev–Trinajstić information content (AvgIpc) is 2.96. The van der Waals surface area contributed by atoms with Gasteiger partial charge in [0.1, 0.15) is 5.82 Å². The maximum absolute atomic E-state index is 13.2. The zero-order valence-corrected chi connectivity index (χ0v) is 17.7. The van der Waals surface area contributed by atoms with Gasteiger partial charge < -0.3 is 15.5 Å². The number of carbonyl (C=O) groups excluding carboxylic acids is 3. The van der Waals surface area contributed by atoms with Crippen molar-refractivity contribution in [2.45, 2.75) is 25.4 Å². The first-order valence-electron chi connectivity index (χ1n) is 9.58. The Labute approximate surface area is 179 Å². The van der Waals surface area contributed by atoms with E-state index in [2.05, 4.69) is 10.6 Å². The fraction of sp³-hybridized carbons (Fsp3) is 0.318. The van der Waals surface area contributed by atoms with E-state index in [1.54, 1.807) is 24.1 Å². The first kappa shape index (κ1) is 21.8. The van der Waals surface area contributed by atoms with Gasteiger partial charge in [0.15, 0.2) is 0 Å². The van der Waals surface area contributed by atoms with E-state index in [1.807, 2.05) is 31.2 Å². The Hall–Kier alpha value is -2.87. The van der Waals surface area contributed by atoms with Gasteiger partial charge in [-0.25, -0.2) is 4.39 Å². The highest BCUT2D eigenvalue weighted by Crippen LogP contribution is 2.32. The molecule has 0 saturated carbocycles. The number of thioether (sulfide) groups is 1. The minimum Gasteiger partial charge on any atom is -0.350 e. The molecule has 2 atom stereocenters. The molecule has 8 heteroatoms. The number of likely N-dealkylation sites (tertiary alicyclic amines) is 1. The van der Waals surface area contributed by atoms with Crippen LogP contribution in [0.3, 0.4) is 0 Å². The molecule has 3 rings (SSSR count). The van der Waals surface area contributed by atoms with Crippen molar-refractivity contribution in [3.8, 4) is 0 Å². The zero-order chi connectivity index (χ0) is 21.7. The molecule has 3 amide bonds. The standard InChI is InChI=1S/C22H24FN3O3S/c1-14-4-3-5-17(10-14)24-19(27)12-30-13-20(28)25-18-11-21(29)26(2)22(18)15-6-8-16(23)9-7-15/h3-10,18,22H,11-13H2,1-2H3,(H,24,27)(H,25,28)/t18-,22+/m0/s1. The molecular formula is C22H24FN3O3S. The van der Waals surface area contributed by atoms with E-state index in [4.69, 9.17) is 0 Å². The number of nitrogens with one attached hydrogen (secondary N) is 2. The van der Waals surface area contributed by atoms with Crippen molar-refractivity contribution < 1.29 is 18.8 Å². The summed E-state index contributed by atoms with van der Waals surface area (Å²) in [5.74, 6) is -0.619. The molecule has 2 aromatic carbocycles. The van der Waals surface area contributed by atoms with Crippen LogP contribution in [0.1, 0.15) is 23.6 Å². The van der Waals surface area contributed by atoms with Crippen LogP contribution in [0.25, 0.3) is 0 Å². The van der Waals surface area contributed by atoms with Crippen molar-refractivity contribution >= 4 is 35.2 Å². The lowest BCUT2D eigenvalue weighted by molar-refractivity contribution is -0.127. The van der Waals surface area contributed by atoms with Gasteiger partial charge in [-0.1, -0.05) is 24.3 Å². The molecule has 1 saturated heterocycles. The van der Waals surface area contributed by atoms with Crippen LogP contribution < -0.4 is 10.6 Å². The van der Waals surface area contributed by atoms with Crippen LogP contribution in [0.4, 0.5) is 10.1 Å². The van der Waals surface area contributed by atoms with Gasteiger partial charge in [0.25, 0.3) is 0 Å². The van der Waals surface area contributed by atoms with Gasteiger partial charge in [0.2, 0.25) is 17.7 Å². The van der Waals surface area contributed by atoms with Crippen LogP contribution in [0.15, 0.2) is 48.5 Å². The van der Waals surface area contributed by atoms with Gasteiger partial charge in [-0.05, 0) is 42.3 Å². The lowest BCUT2D eigenvalue weighted by Gasteiger charge is -2.26. The van der Waals surface area contributed by atoms with E-state index < -0.39 is 6.04 Å². The van der Waals surface area contributed by atoms with Crippen LogP contribution in [-0.2, 0) is 14.4 Å². The Morgan fingerprint density at radius 1 is 1.13 bits per heavy atom. The largest absolute Gasteiger partial charge is 0.350 e. The number of aryl methyl sites for hydroxylation is 1. The zero-order valence-electron chi connectivity index (χ0n) is 16.9. The molecule has 1 fully saturated rings. The molecule has 1 aliphatic heterocycles. The Bertz CT molecular complexity index is 935. The van der Waals surface area contributed by atoms with E-state index >= 15 is 0 Å². The van der Waals surface area contributed by atoms with Crippen molar-refractivity contribution in [2.24, 2.45) is 0 Å². The summed E-state index contributed by atoms with van der Waals surface area (Å²) >= 11 is 1.20. The number of carbonyl (C=O) groups is 3. The molecular weight excluding hydrogens is 405 g/mol. The maximum atomic E-state index is 13.2. The van der Waals surface area contributed by atoms with E-state index in [0.717, 1.165) is 16.8 Å². The molecule has 2 aromatic rings. The molecule has 0 aliphatic carbocycles. The number of amides is 3. The number of nitrogens with zero attached hydrogens (tertiary/aromatic N) is 1. The first-order valence-corrected chi connectivity index (χ1v) is 10.7. The van der Waals surface area contributed by atoms with E-state index in [9.17, 15) is 18.8 Å². The van der Waals surface area contributed by atoms with Gasteiger partial charge in [0.05, 0.1) is 23.6 Å². The third kappa shape index (κ3) is 5.60. The van der Waals surface area contributed by atoms with Gasteiger partial charge in [-0.15, -0.1) is 11.8 Å². The Kier molecular flexibility index (Phi) is 7.10. The first-order chi connectivity index (χ1) is 14.3. The van der Waals surface area contributed by atoms with Crippen molar-refractivity contribution in [1.29, 1.82) is 0 Å². The molecule has 0 unspecified atom stereocenters. The van der Waals surface area contributed by atoms with Crippen LogP contribution in [0.5, 0.6) is 0 Å². The molecule has 30 heavy (non-hydrogen) atoms. The summed E-state index contributed by atoms with van der Waals surface area (Å²) in [5, 5.41) is 5.69. The number of hydrogen-bond acceptors (Lipinski definition) is 4. The lowest BCUT2D eigenvalue weighted by atomic mass is 10.00. The highest BCUT2D eigenvalue weighted by molar-refractivity contribution is 8.00. The second-order valence-electron chi connectivity index (χ2n) is 7.29. The third-order valence-corrected chi connectivity index (χ3v) is 5.84. The lowest BCUT2D eigenvalue weighted by Crippen LogP contribution is -2.40. The van der Waals surface area contributed by atoms with Gasteiger partial charge >= 0.3 is 0 Å². The average molecular weight is 430 g/mol. The maximum Gasteiger partial charge on any atom is 0.234 e. The minimum absolute atomic E-state index is 0.0835. The number of anilines is 1. The molecule has 0 spiro atoms. The predicted octanol–water partition coefficient (Wildman–Crippen LogP) is 2.89. The molecule has 2 N–H and O–H groups in total. The molecule has 158 valence electrons. The normalized spacial score (nSPS) is 18.4. The number of hydrogen-bond donors (Lipinski definition) is 2. The third-order valence-electron chi connectivity index (χ3n) is 4.91. The summed E-state index contributed by atoms with van der Waals surface area (Å²) in [6.07, 6.45) is 0.183. The van der Waals surface area contributed by atoms with Crippen molar-refractivity contribution in [2.75, 3.05) is 23.9 Å². The van der Waals surface area contributed by atoms with Crippen LogP contribution in [0.2, 0.25) is 0 Å². The van der Waals surface area contributed by atoms with Gasteiger partial charge in [-0.3, -0.25) is 14.4 Å². The van der Waals surface area contributed by atoms with Gasteiger partial charge in [-0.2, -0.15) is 0 Å². The summed E-state index contributed by atoms with van der Waals surface area (Å²) in [6, 6.07) is 12.7. The Balaban J connectivity index is 1.50. The number of benzene rings is 2. The van der Waals surface area contributed by atoms with Crippen molar-refractivity contribution in [1.82, 2.24) is 10.2 Å². The van der Waals surface area contributed by atoms with Crippen molar-refractivity contribution in [3.63, 3.8) is 0 Å². The van der Waals surface area contributed by atoms with Crippen molar-refractivity contribution in [3.05, 3.63) is 65.5 Å². The number of halogens is 1. The second-order valence-corrected chi connectivity index (χ2v) is 8.28. The smallest absolute Gasteiger partial charge is 0.234 e. The van der Waals surface area contributed by atoms with Crippen LogP contribution >= 0.6 is 11.8 Å². The second kappa shape index (κ2) is 9.75. The summed E-state index contributed by atoms with van der Waals surface area (Å²) < 4.78 is 13.2. The van der Waals surface area contributed by atoms with Crippen LogP contribution in [-0.4, -0.2) is 47.2 Å². The van der Waals surface area contributed by atoms with Crippen LogP contribution in [0, 0.1) is 12.7 Å². The van der Waals surface area contributed by atoms with E-state index in [-0.39, 0.29) is 47.5 Å². The molecule has 1 aliphatic rings. The Morgan fingerprint density at radius 2 is 1.83 bits per heavy atom. The number of rotatable bonds is 7. The highest BCUT2D eigenvalue weighted by Gasteiger charge is 2.39. The van der Waals surface area contributed by atoms with E-state index in [1.165, 1.54) is 23.9 Å². The Morgan fingerprint density at radius 3 is 2.53 bits per heavy atom. The number of likely N-dealkylation sites (N-methyl/N-ethyl adjacent to an activating group) is 1. The topological polar surface area (TPSA) is 78.5 Å².